The molecule has 0 saturated carbocycles. The minimum atomic E-state index is -3.45. The van der Waals surface area contributed by atoms with Gasteiger partial charge in [0, 0.05) is 25.7 Å². The SMILES string of the molecule is CC(CN1CCOCC1)NS(=O)(=O)CC#N. The van der Waals surface area contributed by atoms with Crippen LogP contribution in [0.3, 0.4) is 0 Å². The van der Waals surface area contributed by atoms with E-state index in [0.29, 0.717) is 19.8 Å². The molecule has 1 fully saturated rings. The third-order valence-corrected chi connectivity index (χ3v) is 3.54. The van der Waals surface area contributed by atoms with Gasteiger partial charge in [-0.25, -0.2) is 13.1 Å². The highest BCUT2D eigenvalue weighted by molar-refractivity contribution is 7.89. The van der Waals surface area contributed by atoms with Crippen LogP contribution in [0.2, 0.25) is 0 Å². The maximum absolute atomic E-state index is 11.3. The molecule has 16 heavy (non-hydrogen) atoms. The molecule has 0 bridgehead atoms. The van der Waals surface area contributed by atoms with Crippen molar-refractivity contribution in [2.24, 2.45) is 0 Å². The maximum atomic E-state index is 11.3. The summed E-state index contributed by atoms with van der Waals surface area (Å²) in [6.45, 7) is 5.47. The zero-order valence-electron chi connectivity index (χ0n) is 9.35. The van der Waals surface area contributed by atoms with Gasteiger partial charge in [0.2, 0.25) is 10.0 Å². The molecule has 1 saturated heterocycles. The highest BCUT2D eigenvalue weighted by Gasteiger charge is 2.18. The van der Waals surface area contributed by atoms with Crippen molar-refractivity contribution in [2.45, 2.75) is 13.0 Å². The van der Waals surface area contributed by atoms with E-state index in [2.05, 4.69) is 9.62 Å². The first-order valence-electron chi connectivity index (χ1n) is 5.20. The fraction of sp³-hybridized carbons (Fsp3) is 0.889. The van der Waals surface area contributed by atoms with Crippen LogP contribution >= 0.6 is 0 Å². The molecule has 1 N–H and O–H groups in total. The Kier molecular flexibility index (Phi) is 5.15. The number of nitriles is 1. The van der Waals surface area contributed by atoms with Crippen molar-refractivity contribution in [3.63, 3.8) is 0 Å². The monoisotopic (exact) mass is 247 g/mol. The maximum Gasteiger partial charge on any atom is 0.225 e. The van der Waals surface area contributed by atoms with E-state index in [1.54, 1.807) is 13.0 Å². The lowest BCUT2D eigenvalue weighted by atomic mass is 10.3. The van der Waals surface area contributed by atoms with Crippen LogP contribution in [0.15, 0.2) is 0 Å². The van der Waals surface area contributed by atoms with Crippen LogP contribution in [0, 0.1) is 11.3 Å². The van der Waals surface area contributed by atoms with Gasteiger partial charge in [-0.1, -0.05) is 0 Å². The molecule has 7 heteroatoms. The standard InChI is InChI=1S/C9H17N3O3S/c1-9(11-16(13,14)7-2-10)8-12-3-5-15-6-4-12/h9,11H,3-8H2,1H3. The summed E-state index contributed by atoms with van der Waals surface area (Å²) in [5.74, 6) is -0.486. The molecule has 1 aliphatic rings. The van der Waals surface area contributed by atoms with Crippen LogP contribution in [-0.2, 0) is 14.8 Å². The Balaban J connectivity index is 2.35. The molecule has 0 aromatic heterocycles. The molecule has 0 aromatic rings. The molecular formula is C9H17N3O3S. The highest BCUT2D eigenvalue weighted by atomic mass is 32.2. The van der Waals surface area contributed by atoms with E-state index in [0.717, 1.165) is 13.1 Å². The fourth-order valence-corrected chi connectivity index (χ4v) is 2.58. The van der Waals surface area contributed by atoms with E-state index < -0.39 is 15.8 Å². The van der Waals surface area contributed by atoms with Crippen LogP contribution in [0.1, 0.15) is 6.92 Å². The summed E-state index contributed by atoms with van der Waals surface area (Å²) in [5.41, 5.74) is 0. The van der Waals surface area contributed by atoms with Gasteiger partial charge >= 0.3 is 0 Å². The van der Waals surface area contributed by atoms with Crippen LogP contribution < -0.4 is 4.72 Å². The van der Waals surface area contributed by atoms with Gasteiger partial charge in [0.1, 0.15) is 0 Å². The topological polar surface area (TPSA) is 82.4 Å². The second-order valence-corrected chi connectivity index (χ2v) is 5.60. The Bertz CT molecular complexity index is 344. The van der Waals surface area contributed by atoms with Crippen LogP contribution in [0.25, 0.3) is 0 Å². The highest BCUT2D eigenvalue weighted by Crippen LogP contribution is 1.99. The van der Waals surface area contributed by atoms with Crippen LogP contribution in [-0.4, -0.2) is 58.0 Å². The number of ether oxygens (including phenoxy) is 1. The van der Waals surface area contributed by atoms with Crippen molar-refractivity contribution in [3.05, 3.63) is 0 Å². The third-order valence-electron chi connectivity index (χ3n) is 2.27. The molecule has 92 valence electrons. The first-order chi connectivity index (χ1) is 7.53. The number of hydrogen-bond acceptors (Lipinski definition) is 5. The number of sulfonamides is 1. The first-order valence-corrected chi connectivity index (χ1v) is 6.86. The average Bonchev–Trinajstić information content (AvgIpc) is 2.17. The summed E-state index contributed by atoms with van der Waals surface area (Å²) in [6.07, 6.45) is 0. The molecule has 6 nitrogen and oxygen atoms in total. The molecule has 0 aromatic carbocycles. The average molecular weight is 247 g/mol. The predicted octanol–water partition coefficient (Wildman–Crippen LogP) is -0.850. The van der Waals surface area contributed by atoms with Gasteiger partial charge in [-0.3, -0.25) is 4.90 Å². The molecule has 0 spiro atoms. The van der Waals surface area contributed by atoms with E-state index in [-0.39, 0.29) is 6.04 Å². The van der Waals surface area contributed by atoms with Crippen LogP contribution in [0.4, 0.5) is 0 Å². The Hall–Kier alpha value is -0.680. The first kappa shape index (κ1) is 13.4. The Morgan fingerprint density at radius 2 is 2.12 bits per heavy atom. The summed E-state index contributed by atoms with van der Waals surface area (Å²) < 4.78 is 30.3. The largest absolute Gasteiger partial charge is 0.379 e. The fourth-order valence-electron chi connectivity index (χ4n) is 1.64. The van der Waals surface area contributed by atoms with Gasteiger partial charge in [0.05, 0.1) is 19.3 Å². The number of hydrogen-bond donors (Lipinski definition) is 1. The minimum Gasteiger partial charge on any atom is -0.379 e. The Morgan fingerprint density at radius 3 is 2.69 bits per heavy atom. The molecule has 1 atom stereocenters. The van der Waals surface area contributed by atoms with Gasteiger partial charge in [0.15, 0.2) is 5.75 Å². The lowest BCUT2D eigenvalue weighted by Gasteiger charge is -2.29. The lowest BCUT2D eigenvalue weighted by molar-refractivity contribution is 0.0354. The summed E-state index contributed by atoms with van der Waals surface area (Å²) in [4.78, 5) is 2.14. The van der Waals surface area contributed by atoms with Crippen molar-refractivity contribution >= 4 is 10.0 Å². The smallest absolute Gasteiger partial charge is 0.225 e. The van der Waals surface area contributed by atoms with Gasteiger partial charge in [-0.2, -0.15) is 5.26 Å². The van der Waals surface area contributed by atoms with Gasteiger partial charge < -0.3 is 4.74 Å². The van der Waals surface area contributed by atoms with E-state index in [9.17, 15) is 8.42 Å². The molecule has 1 aliphatic heterocycles. The number of nitrogens with zero attached hydrogens (tertiary/aromatic N) is 2. The number of rotatable bonds is 5. The molecule has 0 amide bonds. The lowest BCUT2D eigenvalue weighted by Crippen LogP contribution is -2.46. The zero-order chi connectivity index (χ0) is 12.0. The van der Waals surface area contributed by atoms with Gasteiger partial charge in [-0.15, -0.1) is 0 Å². The molecule has 0 radical (unpaired) electrons. The Labute approximate surface area is 96.2 Å². The normalized spacial score (nSPS) is 20.2. The second kappa shape index (κ2) is 6.15. The molecule has 1 rings (SSSR count). The van der Waals surface area contributed by atoms with Crippen molar-refractivity contribution in [1.82, 2.24) is 9.62 Å². The second-order valence-electron chi connectivity index (χ2n) is 3.85. The summed E-state index contributed by atoms with van der Waals surface area (Å²) in [5, 5.41) is 8.34. The van der Waals surface area contributed by atoms with Crippen molar-refractivity contribution in [3.8, 4) is 6.07 Å². The summed E-state index contributed by atoms with van der Waals surface area (Å²) in [6, 6.07) is 1.45. The van der Waals surface area contributed by atoms with Gasteiger partial charge in [0.25, 0.3) is 0 Å². The molecule has 0 aliphatic carbocycles. The zero-order valence-corrected chi connectivity index (χ0v) is 10.2. The summed E-state index contributed by atoms with van der Waals surface area (Å²) >= 11 is 0. The third kappa shape index (κ3) is 4.90. The van der Waals surface area contributed by atoms with Crippen molar-refractivity contribution in [2.75, 3.05) is 38.6 Å². The van der Waals surface area contributed by atoms with Gasteiger partial charge in [-0.05, 0) is 6.92 Å². The predicted molar refractivity (Wildman–Crippen MR) is 59.3 cm³/mol. The molecule has 1 heterocycles. The number of morpholine rings is 1. The quantitative estimate of drug-likeness (QED) is 0.684. The van der Waals surface area contributed by atoms with Crippen LogP contribution in [0.5, 0.6) is 0 Å². The molecular weight excluding hydrogens is 230 g/mol. The number of nitrogens with one attached hydrogen (secondary N) is 1. The van der Waals surface area contributed by atoms with E-state index >= 15 is 0 Å². The minimum absolute atomic E-state index is 0.184. The van der Waals surface area contributed by atoms with E-state index in [1.165, 1.54) is 0 Å². The Morgan fingerprint density at radius 1 is 1.50 bits per heavy atom. The van der Waals surface area contributed by atoms with E-state index in [1.807, 2.05) is 0 Å². The molecule has 1 unspecified atom stereocenters. The van der Waals surface area contributed by atoms with E-state index in [4.69, 9.17) is 10.00 Å². The van der Waals surface area contributed by atoms with Crippen molar-refractivity contribution in [1.29, 1.82) is 5.26 Å². The summed E-state index contributed by atoms with van der Waals surface area (Å²) in [7, 11) is -3.45. The van der Waals surface area contributed by atoms with Crippen molar-refractivity contribution < 1.29 is 13.2 Å².